The lowest BCUT2D eigenvalue weighted by Gasteiger charge is -2.10. The summed E-state index contributed by atoms with van der Waals surface area (Å²) >= 11 is 1.53. The standard InChI is InChI=1S/C13H16N6S/c1-10(11-6-2-3-7-14-11)15-16-12-17-18-13(20-12)19-8-4-5-9-19/h2-3,6-7H,4-5,8-9H2,1H3,(H,16,17)/b15-10+. The Morgan fingerprint density at radius 2 is 2.15 bits per heavy atom. The summed E-state index contributed by atoms with van der Waals surface area (Å²) in [5, 5.41) is 14.3. The molecule has 0 aromatic carbocycles. The van der Waals surface area contributed by atoms with Crippen LogP contribution in [0.5, 0.6) is 0 Å². The van der Waals surface area contributed by atoms with Crippen LogP contribution in [0.2, 0.25) is 0 Å². The van der Waals surface area contributed by atoms with E-state index in [0.717, 1.165) is 29.6 Å². The minimum atomic E-state index is 0.710. The fraction of sp³-hybridized carbons (Fsp3) is 0.385. The van der Waals surface area contributed by atoms with E-state index in [1.165, 1.54) is 24.2 Å². The second kappa shape index (κ2) is 5.96. The van der Waals surface area contributed by atoms with Crippen LogP contribution in [0, 0.1) is 0 Å². The van der Waals surface area contributed by atoms with Gasteiger partial charge in [-0.25, -0.2) is 0 Å². The first-order chi connectivity index (χ1) is 9.83. The van der Waals surface area contributed by atoms with Crippen molar-refractivity contribution in [2.45, 2.75) is 19.8 Å². The maximum atomic E-state index is 4.30. The van der Waals surface area contributed by atoms with Gasteiger partial charge in [0.1, 0.15) is 0 Å². The van der Waals surface area contributed by atoms with Gasteiger partial charge in [-0.2, -0.15) is 5.10 Å². The van der Waals surface area contributed by atoms with Gasteiger partial charge in [0.15, 0.2) is 0 Å². The number of hydrazone groups is 1. The van der Waals surface area contributed by atoms with Gasteiger partial charge in [0, 0.05) is 19.3 Å². The summed E-state index contributed by atoms with van der Waals surface area (Å²) in [4.78, 5) is 6.51. The lowest BCUT2D eigenvalue weighted by molar-refractivity contribution is 0.927. The van der Waals surface area contributed by atoms with Crippen LogP contribution >= 0.6 is 11.3 Å². The van der Waals surface area contributed by atoms with Crippen LogP contribution in [0.25, 0.3) is 0 Å². The molecule has 0 aliphatic carbocycles. The zero-order valence-electron chi connectivity index (χ0n) is 11.3. The molecule has 7 heteroatoms. The number of pyridine rings is 1. The lowest BCUT2D eigenvalue weighted by Crippen LogP contribution is -2.17. The average Bonchev–Trinajstić information content (AvgIpc) is 3.16. The number of nitrogens with one attached hydrogen (secondary N) is 1. The van der Waals surface area contributed by atoms with E-state index in [1.54, 1.807) is 6.20 Å². The molecule has 0 amide bonds. The smallest absolute Gasteiger partial charge is 0.227 e. The molecular weight excluding hydrogens is 272 g/mol. The molecule has 0 bridgehead atoms. The highest BCUT2D eigenvalue weighted by molar-refractivity contribution is 7.19. The highest BCUT2D eigenvalue weighted by Gasteiger charge is 2.16. The van der Waals surface area contributed by atoms with E-state index in [9.17, 15) is 0 Å². The summed E-state index contributed by atoms with van der Waals surface area (Å²) in [6.07, 6.45) is 4.23. The van der Waals surface area contributed by atoms with Crippen molar-refractivity contribution < 1.29 is 0 Å². The van der Waals surface area contributed by atoms with Gasteiger partial charge in [0.2, 0.25) is 10.3 Å². The quantitative estimate of drug-likeness (QED) is 0.691. The zero-order chi connectivity index (χ0) is 13.8. The molecule has 104 valence electrons. The Balaban J connectivity index is 1.66. The van der Waals surface area contributed by atoms with Gasteiger partial charge in [-0.15, -0.1) is 10.2 Å². The van der Waals surface area contributed by atoms with E-state index in [2.05, 4.69) is 30.6 Å². The maximum Gasteiger partial charge on any atom is 0.227 e. The molecule has 1 fully saturated rings. The topological polar surface area (TPSA) is 66.3 Å². The Kier molecular flexibility index (Phi) is 3.87. The summed E-state index contributed by atoms with van der Waals surface area (Å²) in [6, 6.07) is 5.76. The van der Waals surface area contributed by atoms with Crippen LogP contribution in [-0.2, 0) is 0 Å². The Morgan fingerprint density at radius 1 is 1.30 bits per heavy atom. The first-order valence-corrected chi connectivity index (χ1v) is 7.45. The molecule has 2 aromatic rings. The number of nitrogens with zero attached hydrogens (tertiary/aromatic N) is 5. The normalized spacial score (nSPS) is 15.7. The van der Waals surface area contributed by atoms with Gasteiger partial charge < -0.3 is 4.90 Å². The van der Waals surface area contributed by atoms with E-state index in [-0.39, 0.29) is 0 Å². The monoisotopic (exact) mass is 288 g/mol. The molecule has 0 unspecified atom stereocenters. The van der Waals surface area contributed by atoms with Crippen molar-refractivity contribution in [1.82, 2.24) is 15.2 Å². The largest absolute Gasteiger partial charge is 0.347 e. The summed E-state index contributed by atoms with van der Waals surface area (Å²) in [6.45, 7) is 4.06. The zero-order valence-corrected chi connectivity index (χ0v) is 12.1. The van der Waals surface area contributed by atoms with Crippen LogP contribution in [0.4, 0.5) is 10.3 Å². The van der Waals surface area contributed by atoms with Gasteiger partial charge in [-0.1, -0.05) is 17.4 Å². The third kappa shape index (κ3) is 2.93. The minimum Gasteiger partial charge on any atom is -0.347 e. The summed E-state index contributed by atoms with van der Waals surface area (Å²) < 4.78 is 0. The number of aromatic nitrogens is 3. The number of rotatable bonds is 4. The number of anilines is 2. The van der Waals surface area contributed by atoms with E-state index in [0.29, 0.717) is 5.13 Å². The van der Waals surface area contributed by atoms with Gasteiger partial charge >= 0.3 is 0 Å². The molecule has 0 spiro atoms. The third-order valence-corrected chi connectivity index (χ3v) is 4.03. The lowest BCUT2D eigenvalue weighted by atomic mass is 10.3. The molecule has 1 saturated heterocycles. The Labute approximate surface area is 121 Å². The average molecular weight is 288 g/mol. The van der Waals surface area contributed by atoms with E-state index < -0.39 is 0 Å². The second-order valence-electron chi connectivity index (χ2n) is 4.61. The molecule has 2 aromatic heterocycles. The third-order valence-electron chi connectivity index (χ3n) is 3.15. The molecule has 6 nitrogen and oxygen atoms in total. The van der Waals surface area contributed by atoms with Crippen LogP contribution in [0.15, 0.2) is 29.5 Å². The van der Waals surface area contributed by atoms with E-state index in [1.807, 2.05) is 25.1 Å². The van der Waals surface area contributed by atoms with Crippen LogP contribution in [0.1, 0.15) is 25.5 Å². The molecule has 1 aliphatic rings. The molecule has 1 N–H and O–H groups in total. The minimum absolute atomic E-state index is 0.710. The molecule has 3 rings (SSSR count). The van der Waals surface area contributed by atoms with Crippen molar-refractivity contribution in [2.24, 2.45) is 5.10 Å². The van der Waals surface area contributed by atoms with Crippen LogP contribution in [0.3, 0.4) is 0 Å². The SMILES string of the molecule is C/C(=N\Nc1nnc(N2CCCC2)s1)c1ccccn1. The number of hydrogen-bond donors (Lipinski definition) is 1. The second-order valence-corrected chi connectivity index (χ2v) is 5.56. The fourth-order valence-corrected chi connectivity index (χ4v) is 2.80. The molecule has 20 heavy (non-hydrogen) atoms. The molecule has 3 heterocycles. The summed E-state index contributed by atoms with van der Waals surface area (Å²) in [5.74, 6) is 0. The van der Waals surface area contributed by atoms with Gasteiger partial charge in [-0.05, 0) is 31.9 Å². The highest BCUT2D eigenvalue weighted by atomic mass is 32.1. The van der Waals surface area contributed by atoms with Crippen molar-refractivity contribution in [3.05, 3.63) is 30.1 Å². The summed E-state index contributed by atoms with van der Waals surface area (Å²) in [7, 11) is 0. The van der Waals surface area contributed by atoms with Gasteiger partial charge in [-0.3, -0.25) is 10.4 Å². The molecule has 0 saturated carbocycles. The van der Waals surface area contributed by atoms with Crippen molar-refractivity contribution >= 4 is 27.3 Å². The number of hydrogen-bond acceptors (Lipinski definition) is 7. The summed E-state index contributed by atoms with van der Waals surface area (Å²) in [5.41, 5.74) is 4.63. The molecule has 1 aliphatic heterocycles. The Bertz CT molecular complexity index is 588. The molecular formula is C13H16N6S. The maximum absolute atomic E-state index is 4.30. The molecule has 0 atom stereocenters. The van der Waals surface area contributed by atoms with Crippen LogP contribution in [-0.4, -0.2) is 34.0 Å². The van der Waals surface area contributed by atoms with Crippen molar-refractivity contribution in [2.75, 3.05) is 23.4 Å². The van der Waals surface area contributed by atoms with Gasteiger partial charge in [0.05, 0.1) is 11.4 Å². The van der Waals surface area contributed by atoms with Crippen molar-refractivity contribution in [3.8, 4) is 0 Å². The van der Waals surface area contributed by atoms with E-state index in [4.69, 9.17) is 0 Å². The Morgan fingerprint density at radius 3 is 2.90 bits per heavy atom. The molecule has 0 radical (unpaired) electrons. The fourth-order valence-electron chi connectivity index (χ4n) is 2.06. The Hall–Kier alpha value is -2.02. The highest BCUT2D eigenvalue weighted by Crippen LogP contribution is 2.26. The first kappa shape index (κ1) is 13.0. The van der Waals surface area contributed by atoms with Crippen molar-refractivity contribution in [1.29, 1.82) is 0 Å². The van der Waals surface area contributed by atoms with E-state index >= 15 is 0 Å². The predicted octanol–water partition coefficient (Wildman–Crippen LogP) is 2.37. The first-order valence-electron chi connectivity index (χ1n) is 6.63. The van der Waals surface area contributed by atoms with Crippen molar-refractivity contribution in [3.63, 3.8) is 0 Å². The van der Waals surface area contributed by atoms with Crippen LogP contribution < -0.4 is 10.3 Å². The predicted molar refractivity (Wildman–Crippen MR) is 81.4 cm³/mol. The van der Waals surface area contributed by atoms with Gasteiger partial charge in [0.25, 0.3) is 0 Å².